The molecule has 1 aliphatic rings. The standard InChI is InChI=1S/C16H25FN4/c1-6-18-14(21-11-15(2,3)16(21,4)5)20-10-13-12(17)8-7-9-19-13/h7-9H,6,10-11H2,1-5H3,(H,18,20). The van der Waals surface area contributed by atoms with E-state index in [0.717, 1.165) is 19.0 Å². The summed E-state index contributed by atoms with van der Waals surface area (Å²) in [7, 11) is 0. The number of hydrogen-bond acceptors (Lipinski definition) is 2. The Labute approximate surface area is 126 Å². The molecule has 21 heavy (non-hydrogen) atoms. The minimum Gasteiger partial charge on any atom is -0.356 e. The minimum atomic E-state index is -0.305. The van der Waals surface area contributed by atoms with Crippen LogP contribution in [-0.2, 0) is 6.54 Å². The van der Waals surface area contributed by atoms with Crippen molar-refractivity contribution in [1.29, 1.82) is 0 Å². The van der Waals surface area contributed by atoms with Gasteiger partial charge in [0.15, 0.2) is 5.96 Å². The van der Waals surface area contributed by atoms with Gasteiger partial charge in [0.25, 0.3) is 0 Å². The molecular weight excluding hydrogens is 267 g/mol. The van der Waals surface area contributed by atoms with Crippen LogP contribution in [0.3, 0.4) is 0 Å². The summed E-state index contributed by atoms with van der Waals surface area (Å²) >= 11 is 0. The Hall–Kier alpha value is -1.65. The quantitative estimate of drug-likeness (QED) is 0.688. The van der Waals surface area contributed by atoms with E-state index >= 15 is 0 Å². The van der Waals surface area contributed by atoms with Crippen LogP contribution in [0.2, 0.25) is 0 Å². The third kappa shape index (κ3) is 2.87. The fraction of sp³-hybridized carbons (Fsp3) is 0.625. The number of aromatic nitrogens is 1. The third-order valence-electron chi connectivity index (χ3n) is 4.69. The van der Waals surface area contributed by atoms with Gasteiger partial charge in [-0.3, -0.25) is 4.98 Å². The van der Waals surface area contributed by atoms with Gasteiger partial charge in [-0.25, -0.2) is 9.38 Å². The molecule has 1 aromatic heterocycles. The third-order valence-corrected chi connectivity index (χ3v) is 4.69. The number of nitrogens with one attached hydrogen (secondary N) is 1. The molecule has 0 bridgehead atoms. The van der Waals surface area contributed by atoms with Crippen LogP contribution >= 0.6 is 0 Å². The lowest BCUT2D eigenvalue weighted by atomic mass is 9.65. The fourth-order valence-electron chi connectivity index (χ4n) is 2.48. The monoisotopic (exact) mass is 292 g/mol. The summed E-state index contributed by atoms with van der Waals surface area (Å²) in [6.07, 6.45) is 1.59. The highest BCUT2D eigenvalue weighted by Gasteiger charge is 2.53. The molecule has 4 nitrogen and oxygen atoms in total. The predicted octanol–water partition coefficient (Wildman–Crippen LogP) is 2.81. The van der Waals surface area contributed by atoms with E-state index in [1.54, 1.807) is 12.3 Å². The first-order valence-corrected chi connectivity index (χ1v) is 7.45. The topological polar surface area (TPSA) is 40.5 Å². The summed E-state index contributed by atoms with van der Waals surface area (Å²) in [5.41, 5.74) is 0.640. The van der Waals surface area contributed by atoms with Crippen LogP contribution in [0.1, 0.15) is 40.3 Å². The molecular formula is C16H25FN4. The highest BCUT2D eigenvalue weighted by molar-refractivity contribution is 5.82. The van der Waals surface area contributed by atoms with Gasteiger partial charge in [-0.1, -0.05) is 13.8 Å². The number of pyridine rings is 1. The number of halogens is 1. The first kappa shape index (κ1) is 15.7. The summed E-state index contributed by atoms with van der Waals surface area (Å²) in [5.74, 6) is 0.521. The second kappa shape index (κ2) is 5.62. The lowest BCUT2D eigenvalue weighted by Crippen LogP contribution is -2.72. The van der Waals surface area contributed by atoms with E-state index in [1.165, 1.54) is 6.07 Å². The molecule has 0 spiro atoms. The van der Waals surface area contributed by atoms with Crippen molar-refractivity contribution in [1.82, 2.24) is 15.2 Å². The van der Waals surface area contributed by atoms with Crippen LogP contribution in [0.5, 0.6) is 0 Å². The zero-order chi connectivity index (χ0) is 15.7. The lowest BCUT2D eigenvalue weighted by Gasteiger charge is -2.62. The molecule has 0 aromatic carbocycles. The van der Waals surface area contributed by atoms with Crippen molar-refractivity contribution in [3.05, 3.63) is 29.8 Å². The second-order valence-electron chi connectivity index (χ2n) is 6.63. The van der Waals surface area contributed by atoms with Crippen molar-refractivity contribution in [2.75, 3.05) is 13.1 Å². The Balaban J connectivity index is 2.17. The Bertz CT molecular complexity index is 537. The molecule has 116 valence electrons. The molecule has 1 aliphatic heterocycles. The zero-order valence-electron chi connectivity index (χ0n) is 13.6. The van der Waals surface area contributed by atoms with Gasteiger partial charge in [0.2, 0.25) is 0 Å². The maximum atomic E-state index is 13.6. The first-order chi connectivity index (χ1) is 9.79. The van der Waals surface area contributed by atoms with Crippen molar-refractivity contribution < 1.29 is 4.39 Å². The molecule has 2 heterocycles. The van der Waals surface area contributed by atoms with Gasteiger partial charge in [0.05, 0.1) is 12.2 Å². The number of hydrogen-bond donors (Lipinski definition) is 1. The van der Waals surface area contributed by atoms with Gasteiger partial charge in [0, 0.05) is 30.2 Å². The van der Waals surface area contributed by atoms with E-state index in [4.69, 9.17) is 0 Å². The van der Waals surface area contributed by atoms with Crippen molar-refractivity contribution in [3.8, 4) is 0 Å². The molecule has 0 amide bonds. The molecule has 0 atom stereocenters. The van der Waals surface area contributed by atoms with E-state index < -0.39 is 0 Å². The highest BCUT2D eigenvalue weighted by atomic mass is 19.1. The maximum absolute atomic E-state index is 13.6. The van der Waals surface area contributed by atoms with E-state index in [2.05, 4.69) is 47.9 Å². The van der Waals surface area contributed by atoms with Gasteiger partial charge in [0.1, 0.15) is 5.82 Å². The van der Waals surface area contributed by atoms with Crippen molar-refractivity contribution in [3.63, 3.8) is 0 Å². The van der Waals surface area contributed by atoms with Crippen molar-refractivity contribution >= 4 is 5.96 Å². The predicted molar refractivity (Wildman–Crippen MR) is 83.6 cm³/mol. The summed E-state index contributed by atoms with van der Waals surface area (Å²) in [6.45, 7) is 13.0. The zero-order valence-corrected chi connectivity index (χ0v) is 13.6. The minimum absolute atomic E-state index is 0.0245. The largest absolute Gasteiger partial charge is 0.356 e. The molecule has 2 rings (SSSR count). The molecule has 1 aromatic rings. The normalized spacial score (nSPS) is 20.1. The maximum Gasteiger partial charge on any atom is 0.194 e. The summed E-state index contributed by atoms with van der Waals surface area (Å²) in [6, 6.07) is 3.01. The molecule has 0 aliphatic carbocycles. The smallest absolute Gasteiger partial charge is 0.194 e. The Morgan fingerprint density at radius 2 is 2.14 bits per heavy atom. The van der Waals surface area contributed by atoms with Gasteiger partial charge >= 0.3 is 0 Å². The number of guanidine groups is 1. The van der Waals surface area contributed by atoms with Crippen molar-refractivity contribution in [2.45, 2.75) is 46.7 Å². The van der Waals surface area contributed by atoms with Gasteiger partial charge in [-0.2, -0.15) is 0 Å². The summed E-state index contributed by atoms with van der Waals surface area (Å²) in [5, 5.41) is 3.29. The van der Waals surface area contributed by atoms with Gasteiger partial charge in [-0.15, -0.1) is 0 Å². The summed E-state index contributed by atoms with van der Waals surface area (Å²) in [4.78, 5) is 10.9. The molecule has 0 unspecified atom stereocenters. The van der Waals surface area contributed by atoms with E-state index in [-0.39, 0.29) is 23.3 Å². The molecule has 1 N–H and O–H groups in total. The average molecular weight is 292 g/mol. The van der Waals surface area contributed by atoms with Crippen LogP contribution in [0.4, 0.5) is 4.39 Å². The van der Waals surface area contributed by atoms with E-state index in [1.807, 2.05) is 6.92 Å². The van der Waals surface area contributed by atoms with Crippen LogP contribution in [0.15, 0.2) is 23.3 Å². The van der Waals surface area contributed by atoms with Crippen LogP contribution < -0.4 is 5.32 Å². The SMILES string of the molecule is CCNC(=NCc1ncccc1F)N1CC(C)(C)C1(C)C. The molecule has 0 radical (unpaired) electrons. The lowest BCUT2D eigenvalue weighted by molar-refractivity contribution is -0.0667. The highest BCUT2D eigenvalue weighted by Crippen LogP contribution is 2.46. The van der Waals surface area contributed by atoms with E-state index in [9.17, 15) is 4.39 Å². The summed E-state index contributed by atoms with van der Waals surface area (Å²) < 4.78 is 13.6. The van der Waals surface area contributed by atoms with Crippen LogP contribution in [0.25, 0.3) is 0 Å². The Morgan fingerprint density at radius 1 is 1.43 bits per heavy atom. The molecule has 0 saturated carbocycles. The Kier molecular flexibility index (Phi) is 4.21. The number of nitrogens with zero attached hydrogens (tertiary/aromatic N) is 3. The number of rotatable bonds is 3. The number of likely N-dealkylation sites (tertiary alicyclic amines) is 1. The fourth-order valence-corrected chi connectivity index (χ4v) is 2.48. The molecule has 5 heteroatoms. The van der Waals surface area contributed by atoms with Crippen LogP contribution in [-0.4, -0.2) is 34.5 Å². The second-order valence-corrected chi connectivity index (χ2v) is 6.63. The number of aliphatic imine (C=N–C) groups is 1. The average Bonchev–Trinajstić information content (AvgIpc) is 2.43. The van der Waals surface area contributed by atoms with Crippen molar-refractivity contribution in [2.24, 2.45) is 10.4 Å². The van der Waals surface area contributed by atoms with Crippen LogP contribution in [0, 0.1) is 11.2 Å². The molecule has 1 fully saturated rings. The Morgan fingerprint density at radius 3 is 2.67 bits per heavy atom. The molecule has 1 saturated heterocycles. The van der Waals surface area contributed by atoms with Gasteiger partial charge in [-0.05, 0) is 32.9 Å². The van der Waals surface area contributed by atoms with Gasteiger partial charge < -0.3 is 10.2 Å². The van der Waals surface area contributed by atoms with E-state index in [0.29, 0.717) is 5.69 Å². The first-order valence-electron chi connectivity index (χ1n) is 7.45.